The number of non-ortho nitro benzene ring substituents is 1. The van der Waals surface area contributed by atoms with Gasteiger partial charge >= 0.3 is 6.18 Å². The van der Waals surface area contributed by atoms with Crippen molar-refractivity contribution >= 4 is 17.3 Å². The maximum absolute atomic E-state index is 13.6. The first-order valence-electron chi connectivity index (χ1n) is 8.05. The molecular weight excluding hydrogens is 379 g/mol. The fourth-order valence-corrected chi connectivity index (χ4v) is 2.84. The molecule has 0 saturated carbocycles. The van der Waals surface area contributed by atoms with E-state index in [1.165, 1.54) is 36.4 Å². The van der Waals surface area contributed by atoms with Gasteiger partial charge in [-0.25, -0.2) is 0 Å². The normalized spacial score (nSPS) is 19.5. The molecule has 3 rings (SSSR count). The van der Waals surface area contributed by atoms with Gasteiger partial charge in [0.2, 0.25) is 0 Å². The average molecular weight is 393 g/mol. The van der Waals surface area contributed by atoms with E-state index in [1.54, 1.807) is 13.0 Å². The average Bonchev–Trinajstić information content (AvgIpc) is 3.00. The second-order valence-electron chi connectivity index (χ2n) is 6.33. The molecule has 0 saturated heterocycles. The molecule has 1 atom stereocenters. The lowest BCUT2D eigenvalue weighted by molar-refractivity contribution is -0.384. The number of aryl methyl sites for hydroxylation is 1. The highest BCUT2D eigenvalue weighted by Gasteiger charge is 2.63. The van der Waals surface area contributed by atoms with Gasteiger partial charge in [-0.2, -0.15) is 23.3 Å². The molecule has 2 aromatic rings. The number of aliphatic hydroxyl groups is 1. The minimum absolute atomic E-state index is 0.00403. The summed E-state index contributed by atoms with van der Waals surface area (Å²) in [5.74, 6) is -1.14. The fourth-order valence-electron chi connectivity index (χ4n) is 2.84. The molecule has 1 N–H and O–H groups in total. The summed E-state index contributed by atoms with van der Waals surface area (Å²) in [6.45, 7) is 1.66. The summed E-state index contributed by atoms with van der Waals surface area (Å²) in [7, 11) is 0. The van der Waals surface area contributed by atoms with Crippen LogP contribution in [0, 0.1) is 17.0 Å². The number of benzene rings is 2. The number of nitro groups is 1. The Balaban J connectivity index is 2.07. The third-order valence-corrected chi connectivity index (χ3v) is 4.29. The fraction of sp³-hybridized carbons (Fsp3) is 0.222. The van der Waals surface area contributed by atoms with Gasteiger partial charge in [0.1, 0.15) is 0 Å². The van der Waals surface area contributed by atoms with Gasteiger partial charge in [0.25, 0.3) is 17.3 Å². The summed E-state index contributed by atoms with van der Waals surface area (Å²) in [4.78, 5) is 22.9. The molecule has 0 aromatic heterocycles. The van der Waals surface area contributed by atoms with E-state index in [0.29, 0.717) is 5.56 Å². The van der Waals surface area contributed by atoms with Gasteiger partial charge in [0, 0.05) is 23.3 Å². The second kappa shape index (κ2) is 6.71. The van der Waals surface area contributed by atoms with Crippen LogP contribution in [-0.4, -0.2) is 38.6 Å². The van der Waals surface area contributed by atoms with Crippen molar-refractivity contribution in [3.8, 4) is 0 Å². The number of carbonyl (C=O) groups excluding carboxylic acids is 1. The van der Waals surface area contributed by atoms with Crippen LogP contribution in [0.25, 0.3) is 0 Å². The predicted octanol–water partition coefficient (Wildman–Crippen LogP) is 3.40. The monoisotopic (exact) mass is 393 g/mol. The number of hydrogen-bond donors (Lipinski definition) is 1. The molecule has 0 bridgehead atoms. The van der Waals surface area contributed by atoms with Crippen molar-refractivity contribution in [3.05, 3.63) is 75.3 Å². The van der Waals surface area contributed by atoms with Crippen LogP contribution >= 0.6 is 0 Å². The first-order valence-corrected chi connectivity index (χ1v) is 8.05. The van der Waals surface area contributed by atoms with Gasteiger partial charge in [-0.15, -0.1) is 0 Å². The Morgan fingerprint density at radius 2 is 1.93 bits per heavy atom. The zero-order valence-corrected chi connectivity index (χ0v) is 14.5. The van der Waals surface area contributed by atoms with Crippen LogP contribution in [0.2, 0.25) is 0 Å². The molecule has 0 fully saturated rings. The zero-order valence-electron chi connectivity index (χ0n) is 14.5. The smallest absolute Gasteiger partial charge is 0.362 e. The van der Waals surface area contributed by atoms with Crippen molar-refractivity contribution in [1.82, 2.24) is 5.01 Å². The SMILES string of the molecule is Cc1cccc(C(=O)N2N=C(c3cccc([N+](=O)[O-])c3)C[C@@]2(O)C(F)(F)F)c1. The van der Waals surface area contributed by atoms with Crippen molar-refractivity contribution in [2.45, 2.75) is 25.2 Å². The number of carbonyl (C=O) groups is 1. The molecule has 1 heterocycles. The number of amides is 1. The van der Waals surface area contributed by atoms with Gasteiger partial charge in [-0.05, 0) is 19.1 Å². The van der Waals surface area contributed by atoms with Crippen LogP contribution in [0.1, 0.15) is 27.9 Å². The Bertz CT molecular complexity index is 990. The second-order valence-corrected chi connectivity index (χ2v) is 6.33. The van der Waals surface area contributed by atoms with E-state index >= 15 is 0 Å². The number of nitro benzene ring substituents is 1. The van der Waals surface area contributed by atoms with Crippen molar-refractivity contribution in [2.24, 2.45) is 5.10 Å². The highest BCUT2D eigenvalue weighted by molar-refractivity contribution is 6.05. The molecule has 1 aliphatic rings. The van der Waals surface area contributed by atoms with E-state index in [4.69, 9.17) is 0 Å². The summed E-state index contributed by atoms with van der Waals surface area (Å²) in [5.41, 5.74) is -3.62. The first-order chi connectivity index (χ1) is 13.0. The van der Waals surface area contributed by atoms with Gasteiger partial charge in [0.15, 0.2) is 0 Å². The van der Waals surface area contributed by atoms with Crippen LogP contribution in [0.15, 0.2) is 53.6 Å². The summed E-state index contributed by atoms with van der Waals surface area (Å²) >= 11 is 0. The van der Waals surface area contributed by atoms with Crippen LogP contribution in [0.5, 0.6) is 0 Å². The van der Waals surface area contributed by atoms with Crippen molar-refractivity contribution in [3.63, 3.8) is 0 Å². The quantitative estimate of drug-likeness (QED) is 0.639. The summed E-state index contributed by atoms with van der Waals surface area (Å²) in [5, 5.41) is 24.9. The van der Waals surface area contributed by atoms with Crippen molar-refractivity contribution in [2.75, 3.05) is 0 Å². The molecule has 146 valence electrons. The van der Waals surface area contributed by atoms with E-state index in [0.717, 1.165) is 6.07 Å². The summed E-state index contributed by atoms with van der Waals surface area (Å²) in [6.07, 6.45) is -6.24. The highest BCUT2D eigenvalue weighted by Crippen LogP contribution is 2.42. The Hall–Kier alpha value is -3.27. The maximum Gasteiger partial charge on any atom is 0.438 e. The lowest BCUT2D eigenvalue weighted by Gasteiger charge is -2.32. The molecular formula is C18H14F3N3O4. The Kier molecular flexibility index (Phi) is 4.67. The Morgan fingerprint density at radius 1 is 1.25 bits per heavy atom. The molecule has 0 aliphatic carbocycles. The standard InChI is InChI=1S/C18H14F3N3O4/c1-11-4-2-6-13(8-11)16(25)23-17(26,18(19,20)21)10-15(22-23)12-5-3-7-14(9-12)24(27)28/h2-9,26H,10H2,1H3/t17-/m1/s1. The molecule has 1 amide bonds. The molecule has 0 unspecified atom stereocenters. The minimum Gasteiger partial charge on any atom is -0.362 e. The molecule has 1 aliphatic heterocycles. The lowest BCUT2D eigenvalue weighted by Crippen LogP contribution is -2.56. The number of hydrazone groups is 1. The van der Waals surface area contributed by atoms with Crippen LogP contribution < -0.4 is 0 Å². The molecule has 2 aromatic carbocycles. The summed E-state index contributed by atoms with van der Waals surface area (Å²) in [6, 6.07) is 10.7. The van der Waals surface area contributed by atoms with Gasteiger partial charge in [0.05, 0.1) is 17.1 Å². The molecule has 0 spiro atoms. The largest absolute Gasteiger partial charge is 0.438 e. The predicted molar refractivity (Wildman–Crippen MR) is 92.6 cm³/mol. The lowest BCUT2D eigenvalue weighted by atomic mass is 10.00. The van der Waals surface area contributed by atoms with Crippen LogP contribution in [0.3, 0.4) is 0 Å². The highest BCUT2D eigenvalue weighted by atomic mass is 19.4. The van der Waals surface area contributed by atoms with Crippen molar-refractivity contribution in [1.29, 1.82) is 0 Å². The van der Waals surface area contributed by atoms with E-state index in [-0.39, 0.29) is 27.5 Å². The topological polar surface area (TPSA) is 96.0 Å². The minimum atomic E-state index is -5.20. The third kappa shape index (κ3) is 3.33. The zero-order chi connectivity index (χ0) is 20.7. The number of nitrogens with zero attached hydrogens (tertiary/aromatic N) is 3. The number of halogens is 3. The molecule has 10 heteroatoms. The summed E-state index contributed by atoms with van der Waals surface area (Å²) < 4.78 is 40.9. The van der Waals surface area contributed by atoms with Gasteiger partial charge in [-0.1, -0.05) is 29.8 Å². The van der Waals surface area contributed by atoms with Crippen LogP contribution in [-0.2, 0) is 0 Å². The molecule has 0 radical (unpaired) electrons. The number of alkyl halides is 3. The third-order valence-electron chi connectivity index (χ3n) is 4.29. The maximum atomic E-state index is 13.6. The van der Waals surface area contributed by atoms with E-state index in [1.807, 2.05) is 0 Å². The Labute approximate surface area is 156 Å². The van der Waals surface area contributed by atoms with Crippen molar-refractivity contribution < 1.29 is 28.0 Å². The van der Waals surface area contributed by atoms with E-state index in [2.05, 4.69) is 5.10 Å². The van der Waals surface area contributed by atoms with E-state index < -0.39 is 29.2 Å². The van der Waals surface area contributed by atoms with Crippen LogP contribution in [0.4, 0.5) is 18.9 Å². The molecule has 7 nitrogen and oxygen atoms in total. The van der Waals surface area contributed by atoms with E-state index in [9.17, 15) is 33.2 Å². The first kappa shape index (κ1) is 19.5. The molecule has 28 heavy (non-hydrogen) atoms. The van der Waals surface area contributed by atoms with Gasteiger partial charge < -0.3 is 5.11 Å². The Morgan fingerprint density at radius 3 is 2.54 bits per heavy atom. The number of hydrogen-bond acceptors (Lipinski definition) is 5. The number of rotatable bonds is 3. The van der Waals surface area contributed by atoms with Gasteiger partial charge in [-0.3, -0.25) is 14.9 Å².